The predicted molar refractivity (Wildman–Crippen MR) is 122 cm³/mol. The Bertz CT molecular complexity index is 1030. The van der Waals surface area contributed by atoms with Crippen LogP contribution in [0, 0.1) is 0 Å². The molecule has 4 amide bonds. The number of nitrogens with zero attached hydrogens (tertiary/aromatic N) is 2. The van der Waals surface area contributed by atoms with Crippen LogP contribution in [0.4, 0.5) is 10.5 Å². The van der Waals surface area contributed by atoms with E-state index in [1.807, 2.05) is 30.3 Å². The van der Waals surface area contributed by atoms with Crippen molar-refractivity contribution in [1.82, 2.24) is 15.1 Å². The van der Waals surface area contributed by atoms with Gasteiger partial charge in [0.05, 0.1) is 32.5 Å². The van der Waals surface area contributed by atoms with Crippen LogP contribution < -0.4 is 20.1 Å². The molecule has 2 aromatic rings. The molecule has 0 bridgehead atoms. The summed E-state index contributed by atoms with van der Waals surface area (Å²) in [6.45, 7) is 0.687. The highest BCUT2D eigenvalue weighted by Gasteiger charge is 2.47. The van der Waals surface area contributed by atoms with Gasteiger partial charge in [-0.3, -0.25) is 14.5 Å². The summed E-state index contributed by atoms with van der Waals surface area (Å²) in [6, 6.07) is 13.1. The van der Waals surface area contributed by atoms with Gasteiger partial charge in [0.25, 0.3) is 0 Å². The number of piperidine rings is 1. The predicted octanol–water partition coefficient (Wildman–Crippen LogP) is 2.23. The second-order valence-electron chi connectivity index (χ2n) is 8.08. The van der Waals surface area contributed by atoms with Crippen molar-refractivity contribution in [1.29, 1.82) is 0 Å². The number of benzene rings is 2. The Kier molecular flexibility index (Phi) is 6.79. The third kappa shape index (κ3) is 4.78. The minimum Gasteiger partial charge on any atom is -0.497 e. The molecule has 174 valence electrons. The summed E-state index contributed by atoms with van der Waals surface area (Å²) in [5.74, 6) is 0.431. The molecule has 0 radical (unpaired) electrons. The van der Waals surface area contributed by atoms with E-state index >= 15 is 0 Å². The van der Waals surface area contributed by atoms with E-state index in [4.69, 9.17) is 9.47 Å². The highest BCUT2D eigenvalue weighted by atomic mass is 16.5. The molecule has 2 N–H and O–H groups in total. The molecule has 2 saturated heterocycles. The van der Waals surface area contributed by atoms with Crippen molar-refractivity contribution in [2.75, 3.05) is 32.6 Å². The zero-order chi connectivity index (χ0) is 23.4. The van der Waals surface area contributed by atoms with Crippen LogP contribution in [-0.2, 0) is 16.1 Å². The SMILES string of the molecule is COc1ccc(NC(=O)CN2C(=O)N(Cc3ccccc3)C(=O)C3NCCCC32)c(OC)c1. The number of fused-ring (bicyclic) bond motifs is 1. The second-order valence-corrected chi connectivity index (χ2v) is 8.08. The number of hydrogen-bond acceptors (Lipinski definition) is 6. The summed E-state index contributed by atoms with van der Waals surface area (Å²) in [5, 5.41) is 6.05. The Morgan fingerprint density at radius 2 is 1.91 bits per heavy atom. The minimum atomic E-state index is -0.525. The fourth-order valence-electron chi connectivity index (χ4n) is 4.36. The van der Waals surface area contributed by atoms with Gasteiger partial charge in [0, 0.05) is 6.07 Å². The lowest BCUT2D eigenvalue weighted by Crippen LogP contribution is -2.70. The first-order valence-corrected chi connectivity index (χ1v) is 10.9. The molecule has 2 heterocycles. The number of anilines is 1. The molecule has 2 aliphatic heterocycles. The minimum absolute atomic E-state index is 0.161. The molecule has 9 heteroatoms. The molecule has 4 rings (SSSR count). The normalized spacial score (nSPS) is 20.3. The lowest BCUT2D eigenvalue weighted by molar-refractivity contribution is -0.138. The quantitative estimate of drug-likeness (QED) is 0.668. The van der Waals surface area contributed by atoms with Gasteiger partial charge in [-0.2, -0.15) is 0 Å². The average Bonchev–Trinajstić information content (AvgIpc) is 2.85. The van der Waals surface area contributed by atoms with Gasteiger partial charge in [0.2, 0.25) is 11.8 Å². The zero-order valence-electron chi connectivity index (χ0n) is 18.7. The maximum absolute atomic E-state index is 13.4. The van der Waals surface area contributed by atoms with Crippen molar-refractivity contribution >= 4 is 23.5 Å². The van der Waals surface area contributed by atoms with Crippen LogP contribution in [0.2, 0.25) is 0 Å². The number of ether oxygens (including phenoxy) is 2. The highest BCUT2D eigenvalue weighted by Crippen LogP contribution is 2.30. The van der Waals surface area contributed by atoms with E-state index in [0.717, 1.165) is 12.0 Å². The summed E-state index contributed by atoms with van der Waals surface area (Å²) >= 11 is 0. The van der Waals surface area contributed by atoms with Gasteiger partial charge in [0.1, 0.15) is 24.1 Å². The third-order valence-corrected chi connectivity index (χ3v) is 6.01. The number of carbonyl (C=O) groups excluding carboxylic acids is 3. The van der Waals surface area contributed by atoms with Crippen molar-refractivity contribution < 1.29 is 23.9 Å². The van der Waals surface area contributed by atoms with Gasteiger partial charge in [-0.1, -0.05) is 30.3 Å². The van der Waals surface area contributed by atoms with Crippen LogP contribution in [0.25, 0.3) is 0 Å². The average molecular weight is 453 g/mol. The summed E-state index contributed by atoms with van der Waals surface area (Å²) in [6.07, 6.45) is 1.48. The topological polar surface area (TPSA) is 100 Å². The smallest absolute Gasteiger partial charge is 0.327 e. The van der Waals surface area contributed by atoms with Crippen LogP contribution in [0.1, 0.15) is 18.4 Å². The molecule has 0 aromatic heterocycles. The number of imide groups is 1. The fraction of sp³-hybridized carbons (Fsp3) is 0.375. The Morgan fingerprint density at radius 3 is 2.64 bits per heavy atom. The number of rotatable bonds is 7. The molecule has 2 unspecified atom stereocenters. The standard InChI is InChI=1S/C24H28N4O5/c1-32-17-10-11-18(20(13-17)33-2)26-21(29)15-27-19-9-6-12-25-22(19)23(30)28(24(27)31)14-16-7-4-3-5-8-16/h3-5,7-8,10-11,13,19,22,25H,6,9,12,14-15H2,1-2H3,(H,26,29). The first kappa shape index (κ1) is 22.6. The van der Waals surface area contributed by atoms with Gasteiger partial charge < -0.3 is 25.0 Å². The van der Waals surface area contributed by atoms with Crippen LogP contribution in [0.3, 0.4) is 0 Å². The molecule has 2 aliphatic rings. The second kappa shape index (κ2) is 9.91. The van der Waals surface area contributed by atoms with Gasteiger partial charge >= 0.3 is 6.03 Å². The first-order valence-electron chi connectivity index (χ1n) is 10.9. The number of methoxy groups -OCH3 is 2. The molecule has 0 aliphatic carbocycles. The highest BCUT2D eigenvalue weighted by molar-refractivity contribution is 6.03. The molecular weight excluding hydrogens is 424 g/mol. The molecule has 0 saturated carbocycles. The van der Waals surface area contributed by atoms with Crippen LogP contribution >= 0.6 is 0 Å². The van der Waals surface area contributed by atoms with Crippen molar-refractivity contribution in [3.63, 3.8) is 0 Å². The summed E-state index contributed by atoms with van der Waals surface area (Å²) in [5.41, 5.74) is 1.32. The summed E-state index contributed by atoms with van der Waals surface area (Å²) in [7, 11) is 3.05. The van der Waals surface area contributed by atoms with E-state index in [1.54, 1.807) is 25.3 Å². The molecule has 2 aromatic carbocycles. The van der Waals surface area contributed by atoms with Crippen molar-refractivity contribution in [3.8, 4) is 11.5 Å². The van der Waals surface area contributed by atoms with E-state index in [2.05, 4.69) is 10.6 Å². The van der Waals surface area contributed by atoms with Crippen molar-refractivity contribution in [2.24, 2.45) is 0 Å². The first-order chi connectivity index (χ1) is 16.0. The summed E-state index contributed by atoms with van der Waals surface area (Å²) < 4.78 is 10.5. The molecule has 33 heavy (non-hydrogen) atoms. The number of urea groups is 1. The van der Waals surface area contributed by atoms with Gasteiger partial charge in [-0.15, -0.1) is 0 Å². The maximum atomic E-state index is 13.4. The Balaban J connectivity index is 1.54. The zero-order valence-corrected chi connectivity index (χ0v) is 18.7. The third-order valence-electron chi connectivity index (χ3n) is 6.01. The molecule has 9 nitrogen and oxygen atoms in total. The van der Waals surface area contributed by atoms with Crippen LogP contribution in [0.5, 0.6) is 11.5 Å². The van der Waals surface area contributed by atoms with Crippen LogP contribution in [0.15, 0.2) is 48.5 Å². The Hall–Kier alpha value is -3.59. The number of hydrogen-bond donors (Lipinski definition) is 2. The molecule has 2 fully saturated rings. The molecule has 0 spiro atoms. The Morgan fingerprint density at radius 1 is 1.12 bits per heavy atom. The van der Waals surface area contributed by atoms with Gasteiger partial charge in [0.15, 0.2) is 0 Å². The fourth-order valence-corrected chi connectivity index (χ4v) is 4.36. The molecule has 2 atom stereocenters. The van der Waals surface area contributed by atoms with Crippen molar-refractivity contribution in [3.05, 3.63) is 54.1 Å². The largest absolute Gasteiger partial charge is 0.497 e. The Labute approximate surface area is 192 Å². The van der Waals surface area contributed by atoms with E-state index in [-0.39, 0.29) is 30.9 Å². The van der Waals surface area contributed by atoms with E-state index in [9.17, 15) is 14.4 Å². The number of carbonyl (C=O) groups is 3. The molecular formula is C24H28N4O5. The van der Waals surface area contributed by atoms with E-state index in [1.165, 1.54) is 16.9 Å². The van der Waals surface area contributed by atoms with Crippen LogP contribution in [-0.4, -0.2) is 67.0 Å². The van der Waals surface area contributed by atoms with Gasteiger partial charge in [-0.25, -0.2) is 4.79 Å². The van der Waals surface area contributed by atoms with E-state index in [0.29, 0.717) is 30.2 Å². The van der Waals surface area contributed by atoms with Gasteiger partial charge in [-0.05, 0) is 37.1 Å². The van der Waals surface area contributed by atoms with E-state index < -0.39 is 12.1 Å². The lowest BCUT2D eigenvalue weighted by atomic mass is 9.93. The summed E-state index contributed by atoms with van der Waals surface area (Å²) in [4.78, 5) is 42.2. The van der Waals surface area contributed by atoms with Crippen molar-refractivity contribution in [2.45, 2.75) is 31.5 Å². The monoisotopic (exact) mass is 452 g/mol. The maximum Gasteiger partial charge on any atom is 0.327 e. The number of amides is 4. The lowest BCUT2D eigenvalue weighted by Gasteiger charge is -2.46. The number of nitrogens with one attached hydrogen (secondary N) is 2.